The first kappa shape index (κ1) is 9.54. The van der Waals surface area contributed by atoms with Crippen molar-refractivity contribution in [2.75, 3.05) is 0 Å². The summed E-state index contributed by atoms with van der Waals surface area (Å²) in [5.74, 6) is 0.792. The van der Waals surface area contributed by atoms with Crippen LogP contribution in [-0.4, -0.2) is 0 Å². The molecule has 3 aromatic carbocycles. The van der Waals surface area contributed by atoms with E-state index in [0.29, 0.717) is 0 Å². The van der Waals surface area contributed by atoms with Crippen molar-refractivity contribution in [2.45, 2.75) is 0 Å². The predicted octanol–water partition coefficient (Wildman–Crippen LogP) is 4.29. The molecule has 18 heavy (non-hydrogen) atoms. The third-order valence-corrected chi connectivity index (χ3v) is 3.30. The van der Waals surface area contributed by atoms with Crippen LogP contribution in [-0.2, 0) is 4.89 Å². The Kier molecular flexibility index (Phi) is 1.86. The third-order valence-electron chi connectivity index (χ3n) is 3.30. The van der Waals surface area contributed by atoms with Crippen molar-refractivity contribution in [1.82, 2.24) is 0 Å². The number of rotatable bonds is 0. The smallest absolute Gasteiger partial charge is 0.193 e. The summed E-state index contributed by atoms with van der Waals surface area (Å²) in [6.07, 6.45) is 3.46. The van der Waals surface area contributed by atoms with E-state index in [1.165, 1.54) is 10.8 Å². The molecule has 0 aromatic heterocycles. The van der Waals surface area contributed by atoms with Crippen LogP contribution in [0.2, 0.25) is 0 Å². The highest BCUT2D eigenvalue weighted by atomic mass is 17.2. The van der Waals surface area contributed by atoms with Crippen molar-refractivity contribution in [3.8, 4) is 5.75 Å². The van der Waals surface area contributed by atoms with E-state index in [9.17, 15) is 0 Å². The molecule has 0 N–H and O–H groups in total. The summed E-state index contributed by atoms with van der Waals surface area (Å²) in [6, 6.07) is 16.8. The second-order valence-corrected chi connectivity index (χ2v) is 4.39. The second kappa shape index (κ2) is 3.50. The van der Waals surface area contributed by atoms with Crippen LogP contribution in [0.1, 0.15) is 5.56 Å². The van der Waals surface area contributed by atoms with Crippen LogP contribution in [0.4, 0.5) is 0 Å². The summed E-state index contributed by atoms with van der Waals surface area (Å²) < 4.78 is 0. The van der Waals surface area contributed by atoms with Crippen LogP contribution < -0.4 is 4.89 Å². The van der Waals surface area contributed by atoms with Gasteiger partial charge in [0.25, 0.3) is 0 Å². The molecule has 0 aliphatic carbocycles. The van der Waals surface area contributed by atoms with Gasteiger partial charge >= 0.3 is 0 Å². The van der Waals surface area contributed by atoms with Gasteiger partial charge in [0.1, 0.15) is 6.26 Å². The average molecular weight is 234 g/mol. The first-order valence-corrected chi connectivity index (χ1v) is 5.87. The number of fused-ring (bicyclic) bond motifs is 4. The summed E-state index contributed by atoms with van der Waals surface area (Å²) in [4.78, 5) is 10.2. The standard InChI is InChI=1S/C16H10O2/c1-2-4-13-10-15-14(9-12(13)3-1)6-5-11-7-8-17-18-16(11)15/h1-10H. The highest BCUT2D eigenvalue weighted by Crippen LogP contribution is 2.35. The normalized spacial score (nSPS) is 13.1. The van der Waals surface area contributed by atoms with Crippen molar-refractivity contribution in [2.24, 2.45) is 0 Å². The minimum Gasteiger partial charge on any atom is -0.298 e. The van der Waals surface area contributed by atoms with Gasteiger partial charge < -0.3 is 0 Å². The summed E-state index contributed by atoms with van der Waals surface area (Å²) in [5.41, 5.74) is 1.05. The summed E-state index contributed by atoms with van der Waals surface area (Å²) in [6.45, 7) is 0. The fourth-order valence-electron chi connectivity index (χ4n) is 2.40. The Hall–Kier alpha value is -2.48. The first-order chi connectivity index (χ1) is 8.92. The molecule has 0 fully saturated rings. The number of benzene rings is 3. The van der Waals surface area contributed by atoms with Gasteiger partial charge in [-0.2, -0.15) is 0 Å². The molecule has 0 unspecified atom stereocenters. The Balaban J connectivity index is 2.15. The van der Waals surface area contributed by atoms with Gasteiger partial charge in [-0.25, -0.2) is 0 Å². The molecule has 0 saturated heterocycles. The molecule has 0 amide bonds. The van der Waals surface area contributed by atoms with Gasteiger partial charge in [-0.1, -0.05) is 36.4 Å². The van der Waals surface area contributed by atoms with Crippen LogP contribution in [0.15, 0.2) is 54.8 Å². The van der Waals surface area contributed by atoms with E-state index in [-0.39, 0.29) is 0 Å². The molecule has 3 aromatic rings. The molecular formula is C16H10O2. The van der Waals surface area contributed by atoms with Gasteiger partial charge in [0.05, 0.1) is 0 Å². The average Bonchev–Trinajstić information content (AvgIpc) is 2.45. The van der Waals surface area contributed by atoms with E-state index in [1.807, 2.05) is 18.2 Å². The minimum absolute atomic E-state index is 0.792. The van der Waals surface area contributed by atoms with Gasteiger partial charge in [-0.05, 0) is 34.4 Å². The lowest BCUT2D eigenvalue weighted by Crippen LogP contribution is -1.98. The van der Waals surface area contributed by atoms with E-state index in [1.54, 1.807) is 6.26 Å². The largest absolute Gasteiger partial charge is 0.298 e. The van der Waals surface area contributed by atoms with Crippen LogP contribution in [0.3, 0.4) is 0 Å². The zero-order chi connectivity index (χ0) is 11.9. The van der Waals surface area contributed by atoms with E-state index in [4.69, 9.17) is 9.78 Å². The Labute approximate surface area is 104 Å². The molecule has 86 valence electrons. The van der Waals surface area contributed by atoms with E-state index in [0.717, 1.165) is 22.1 Å². The first-order valence-electron chi connectivity index (χ1n) is 5.87. The Morgan fingerprint density at radius 3 is 2.50 bits per heavy atom. The lowest BCUT2D eigenvalue weighted by Gasteiger charge is -2.13. The maximum absolute atomic E-state index is 5.30. The topological polar surface area (TPSA) is 18.5 Å². The summed E-state index contributed by atoms with van der Waals surface area (Å²) >= 11 is 0. The molecule has 0 atom stereocenters. The molecule has 1 aliphatic rings. The third kappa shape index (κ3) is 1.29. The lowest BCUT2D eigenvalue weighted by molar-refractivity contribution is -0.149. The van der Waals surface area contributed by atoms with Gasteiger partial charge in [-0.15, -0.1) is 0 Å². The maximum Gasteiger partial charge on any atom is 0.193 e. The molecule has 0 spiro atoms. The highest BCUT2D eigenvalue weighted by molar-refractivity contribution is 6.02. The fraction of sp³-hybridized carbons (Fsp3) is 0. The molecule has 0 bridgehead atoms. The number of hydrogen-bond donors (Lipinski definition) is 0. The Morgan fingerprint density at radius 2 is 1.61 bits per heavy atom. The van der Waals surface area contributed by atoms with Gasteiger partial charge in [-0.3, -0.25) is 9.78 Å². The summed E-state index contributed by atoms with van der Waals surface area (Å²) in [5, 5.41) is 4.68. The molecule has 1 aliphatic heterocycles. The second-order valence-electron chi connectivity index (χ2n) is 4.39. The van der Waals surface area contributed by atoms with Crippen molar-refractivity contribution in [1.29, 1.82) is 0 Å². The van der Waals surface area contributed by atoms with Crippen LogP contribution in [0, 0.1) is 0 Å². The Morgan fingerprint density at radius 1 is 0.778 bits per heavy atom. The molecule has 0 radical (unpaired) electrons. The van der Waals surface area contributed by atoms with Gasteiger partial charge in [0.15, 0.2) is 5.75 Å². The fourth-order valence-corrected chi connectivity index (χ4v) is 2.40. The summed E-state index contributed by atoms with van der Waals surface area (Å²) in [7, 11) is 0. The van der Waals surface area contributed by atoms with E-state index in [2.05, 4.69) is 36.4 Å². The van der Waals surface area contributed by atoms with Crippen molar-refractivity contribution >= 4 is 27.6 Å². The minimum atomic E-state index is 0.792. The van der Waals surface area contributed by atoms with Gasteiger partial charge in [0, 0.05) is 10.9 Å². The zero-order valence-electron chi connectivity index (χ0n) is 9.59. The Bertz CT molecular complexity index is 788. The van der Waals surface area contributed by atoms with Crippen molar-refractivity contribution < 1.29 is 9.78 Å². The van der Waals surface area contributed by atoms with Crippen LogP contribution in [0.25, 0.3) is 27.6 Å². The van der Waals surface area contributed by atoms with Crippen molar-refractivity contribution in [3.63, 3.8) is 0 Å². The SMILES string of the molecule is C1=Cc2ccc3cc4ccccc4cc3c2OO1. The highest BCUT2D eigenvalue weighted by Gasteiger charge is 2.12. The molecule has 4 rings (SSSR count). The molecule has 0 saturated carbocycles. The quantitative estimate of drug-likeness (QED) is 0.426. The number of hydrogen-bond acceptors (Lipinski definition) is 2. The monoisotopic (exact) mass is 234 g/mol. The van der Waals surface area contributed by atoms with Crippen LogP contribution in [0.5, 0.6) is 5.75 Å². The molecule has 1 heterocycles. The van der Waals surface area contributed by atoms with E-state index >= 15 is 0 Å². The molecule has 2 heteroatoms. The lowest BCUT2D eigenvalue weighted by atomic mass is 10.0. The van der Waals surface area contributed by atoms with E-state index < -0.39 is 0 Å². The predicted molar refractivity (Wildman–Crippen MR) is 72.2 cm³/mol. The molecule has 2 nitrogen and oxygen atoms in total. The maximum atomic E-state index is 5.30. The zero-order valence-corrected chi connectivity index (χ0v) is 9.59. The van der Waals surface area contributed by atoms with Crippen molar-refractivity contribution in [3.05, 3.63) is 60.4 Å². The molecular weight excluding hydrogens is 224 g/mol. The van der Waals surface area contributed by atoms with Gasteiger partial charge in [0.2, 0.25) is 0 Å². The van der Waals surface area contributed by atoms with Crippen LogP contribution >= 0.6 is 0 Å².